The van der Waals surface area contributed by atoms with Gasteiger partial charge in [-0.15, -0.1) is 11.3 Å². The molecule has 1 atom stereocenters. The van der Waals surface area contributed by atoms with E-state index in [4.69, 9.17) is 4.74 Å². The third kappa shape index (κ3) is 2.11. The van der Waals surface area contributed by atoms with Crippen LogP contribution in [-0.2, 0) is 23.3 Å². The molecule has 4 rings (SSSR count). The van der Waals surface area contributed by atoms with Gasteiger partial charge in [0.05, 0.1) is 13.7 Å². The Labute approximate surface area is 143 Å². The van der Waals surface area contributed by atoms with Crippen molar-refractivity contribution in [3.05, 3.63) is 45.4 Å². The molecule has 1 aromatic heterocycles. The molecule has 1 aliphatic carbocycles. The summed E-state index contributed by atoms with van der Waals surface area (Å²) in [6.45, 7) is 2.16. The number of aryl methyl sites for hydroxylation is 2. The van der Waals surface area contributed by atoms with Crippen molar-refractivity contribution >= 4 is 23.3 Å². The van der Waals surface area contributed by atoms with Gasteiger partial charge in [-0.2, -0.15) is 0 Å². The quantitative estimate of drug-likeness (QED) is 0.869. The monoisotopic (exact) mass is 343 g/mol. The summed E-state index contributed by atoms with van der Waals surface area (Å²) in [5.41, 5.74) is 0.960. The summed E-state index contributed by atoms with van der Waals surface area (Å²) < 4.78 is 5.28. The molecule has 24 heavy (non-hydrogen) atoms. The fourth-order valence-electron chi connectivity index (χ4n) is 3.49. The number of rotatable bonds is 3. The van der Waals surface area contributed by atoms with Gasteiger partial charge in [0, 0.05) is 11.1 Å². The van der Waals surface area contributed by atoms with E-state index in [1.807, 2.05) is 25.1 Å². The number of hydrogen-bond donors (Lipinski definition) is 1. The first kappa shape index (κ1) is 15.1. The number of hydrogen-bond acceptors (Lipinski definition) is 5. The third-order valence-electron chi connectivity index (χ3n) is 4.68. The minimum atomic E-state index is -0.965. The van der Waals surface area contributed by atoms with Gasteiger partial charge < -0.3 is 10.1 Å². The highest BCUT2D eigenvalue weighted by Gasteiger charge is 2.55. The highest BCUT2D eigenvalue weighted by molar-refractivity contribution is 7.11. The average molecular weight is 343 g/mol. The van der Waals surface area contributed by atoms with Crippen LogP contribution >= 0.6 is 11.3 Å². The van der Waals surface area contributed by atoms with Crippen LogP contribution in [0.1, 0.15) is 27.4 Å². The van der Waals surface area contributed by atoms with Crippen molar-refractivity contribution in [1.82, 2.24) is 15.2 Å². The number of imide groups is 1. The molecule has 6 nitrogen and oxygen atoms in total. The van der Waals surface area contributed by atoms with Crippen molar-refractivity contribution < 1.29 is 14.3 Å². The number of amides is 3. The summed E-state index contributed by atoms with van der Waals surface area (Å²) >= 11 is 1.50. The average Bonchev–Trinajstić information content (AvgIpc) is 3.22. The number of methoxy groups -OCH3 is 1. The van der Waals surface area contributed by atoms with Crippen molar-refractivity contribution in [1.29, 1.82) is 0 Å². The lowest BCUT2D eigenvalue weighted by molar-refractivity contribution is -0.132. The molecular formula is C17H17N3O3S. The van der Waals surface area contributed by atoms with Gasteiger partial charge in [0.15, 0.2) is 0 Å². The number of nitrogens with zero attached hydrogens (tertiary/aromatic N) is 2. The van der Waals surface area contributed by atoms with Crippen molar-refractivity contribution in [2.75, 3.05) is 7.11 Å². The van der Waals surface area contributed by atoms with E-state index >= 15 is 0 Å². The van der Waals surface area contributed by atoms with E-state index in [9.17, 15) is 9.59 Å². The van der Waals surface area contributed by atoms with E-state index in [1.165, 1.54) is 16.2 Å². The van der Waals surface area contributed by atoms with Crippen LogP contribution in [0.25, 0.3) is 0 Å². The molecule has 1 aliphatic heterocycles. The molecule has 7 heteroatoms. The van der Waals surface area contributed by atoms with Crippen LogP contribution in [0.15, 0.2) is 24.4 Å². The highest BCUT2D eigenvalue weighted by Crippen LogP contribution is 2.43. The number of benzene rings is 1. The van der Waals surface area contributed by atoms with Crippen LogP contribution < -0.4 is 10.1 Å². The lowest BCUT2D eigenvalue weighted by Crippen LogP contribution is -2.41. The van der Waals surface area contributed by atoms with Crippen LogP contribution in [0.4, 0.5) is 4.79 Å². The molecule has 1 N–H and O–H groups in total. The number of carbonyl (C=O) groups excluding carboxylic acids is 2. The molecule has 1 aromatic carbocycles. The van der Waals surface area contributed by atoms with Crippen LogP contribution in [-0.4, -0.2) is 28.9 Å². The normalized spacial score (nSPS) is 22.2. The van der Waals surface area contributed by atoms with Gasteiger partial charge in [-0.1, -0.05) is 6.07 Å². The molecule has 2 heterocycles. The zero-order chi connectivity index (χ0) is 16.9. The lowest BCUT2D eigenvalue weighted by Gasteiger charge is -2.22. The van der Waals surface area contributed by atoms with Crippen LogP contribution in [0.3, 0.4) is 0 Å². The zero-order valence-corrected chi connectivity index (χ0v) is 14.3. The van der Waals surface area contributed by atoms with Gasteiger partial charge >= 0.3 is 6.03 Å². The number of thiazole rings is 1. The number of fused-ring (bicyclic) bond motifs is 2. The summed E-state index contributed by atoms with van der Waals surface area (Å²) in [5.74, 6) is 0.485. The van der Waals surface area contributed by atoms with Crippen LogP contribution in [0, 0.1) is 6.92 Å². The van der Waals surface area contributed by atoms with Crippen molar-refractivity contribution in [2.24, 2.45) is 0 Å². The van der Waals surface area contributed by atoms with E-state index < -0.39 is 5.54 Å². The summed E-state index contributed by atoms with van der Waals surface area (Å²) in [7, 11) is 1.59. The Kier molecular flexibility index (Phi) is 3.35. The van der Waals surface area contributed by atoms with Gasteiger partial charge in [-0.05, 0) is 43.0 Å². The number of urea groups is 1. The lowest BCUT2D eigenvalue weighted by atomic mass is 9.91. The number of carbonyl (C=O) groups is 2. The molecule has 2 aliphatic rings. The molecule has 3 amide bonds. The van der Waals surface area contributed by atoms with E-state index in [2.05, 4.69) is 10.3 Å². The van der Waals surface area contributed by atoms with Crippen LogP contribution in [0.2, 0.25) is 0 Å². The van der Waals surface area contributed by atoms with E-state index in [-0.39, 0.29) is 18.5 Å². The van der Waals surface area contributed by atoms with Gasteiger partial charge in [-0.3, -0.25) is 9.69 Å². The van der Waals surface area contributed by atoms with E-state index in [0.717, 1.165) is 27.4 Å². The zero-order valence-electron chi connectivity index (χ0n) is 13.5. The second kappa shape index (κ2) is 5.31. The summed E-state index contributed by atoms with van der Waals surface area (Å²) in [5, 5.41) is 3.68. The first-order valence-corrected chi connectivity index (χ1v) is 8.58. The Bertz CT molecular complexity index is 847. The molecule has 0 unspecified atom stereocenters. The van der Waals surface area contributed by atoms with Gasteiger partial charge in [0.1, 0.15) is 16.3 Å². The SMILES string of the molecule is COc1ccc2c(c1)[C@]1(CC2)NC(=O)N(Cc2ncc(C)s2)C1=O. The minimum absolute atomic E-state index is 0.202. The maximum atomic E-state index is 13.1. The third-order valence-corrected chi connectivity index (χ3v) is 5.58. The first-order chi connectivity index (χ1) is 11.5. The molecule has 1 spiro atoms. The Hall–Kier alpha value is -2.41. The fourth-order valence-corrected chi connectivity index (χ4v) is 4.26. The Balaban J connectivity index is 1.69. The molecule has 1 fully saturated rings. The maximum absolute atomic E-state index is 13.1. The van der Waals surface area contributed by atoms with E-state index in [0.29, 0.717) is 12.2 Å². The van der Waals surface area contributed by atoms with Crippen molar-refractivity contribution in [2.45, 2.75) is 31.8 Å². The predicted molar refractivity (Wildman–Crippen MR) is 88.9 cm³/mol. The van der Waals surface area contributed by atoms with E-state index in [1.54, 1.807) is 13.3 Å². The first-order valence-electron chi connectivity index (χ1n) is 7.76. The molecule has 2 aromatic rings. The summed E-state index contributed by atoms with van der Waals surface area (Å²) in [6, 6.07) is 5.35. The largest absolute Gasteiger partial charge is 0.497 e. The summed E-state index contributed by atoms with van der Waals surface area (Å²) in [6.07, 6.45) is 3.09. The van der Waals surface area contributed by atoms with Crippen molar-refractivity contribution in [3.8, 4) is 5.75 Å². The standard InChI is InChI=1S/C17H17N3O3S/c1-10-8-18-14(24-10)9-20-15(21)17(19-16(20)22)6-5-11-3-4-12(23-2)7-13(11)17/h3-4,7-8H,5-6,9H2,1-2H3,(H,19,22)/t17-/m0/s1. The molecule has 124 valence electrons. The fraction of sp³-hybridized carbons (Fsp3) is 0.353. The Morgan fingerprint density at radius 2 is 2.25 bits per heavy atom. The molecule has 0 saturated carbocycles. The topological polar surface area (TPSA) is 71.5 Å². The molecule has 0 radical (unpaired) electrons. The molecular weight excluding hydrogens is 326 g/mol. The minimum Gasteiger partial charge on any atom is -0.497 e. The second-order valence-electron chi connectivity index (χ2n) is 6.11. The summed E-state index contributed by atoms with van der Waals surface area (Å²) in [4.78, 5) is 32.1. The Morgan fingerprint density at radius 1 is 1.42 bits per heavy atom. The number of nitrogens with one attached hydrogen (secondary N) is 1. The highest BCUT2D eigenvalue weighted by atomic mass is 32.1. The molecule has 1 saturated heterocycles. The Morgan fingerprint density at radius 3 is 2.96 bits per heavy atom. The number of aromatic nitrogens is 1. The maximum Gasteiger partial charge on any atom is 0.325 e. The smallest absolute Gasteiger partial charge is 0.325 e. The molecule has 0 bridgehead atoms. The van der Waals surface area contributed by atoms with Gasteiger partial charge in [-0.25, -0.2) is 9.78 Å². The number of ether oxygens (including phenoxy) is 1. The second-order valence-corrected chi connectivity index (χ2v) is 7.43. The van der Waals surface area contributed by atoms with Crippen molar-refractivity contribution in [3.63, 3.8) is 0 Å². The van der Waals surface area contributed by atoms with Gasteiger partial charge in [0.2, 0.25) is 0 Å². The predicted octanol–water partition coefficient (Wildman–Crippen LogP) is 2.35. The van der Waals surface area contributed by atoms with Crippen LogP contribution in [0.5, 0.6) is 5.75 Å². The van der Waals surface area contributed by atoms with Gasteiger partial charge in [0.25, 0.3) is 5.91 Å².